The van der Waals surface area contributed by atoms with Gasteiger partial charge in [-0.05, 0) is 30.9 Å². The molecule has 1 saturated carbocycles. The van der Waals surface area contributed by atoms with E-state index in [9.17, 15) is 27.6 Å². The summed E-state index contributed by atoms with van der Waals surface area (Å²) in [5.41, 5.74) is -1.93. The van der Waals surface area contributed by atoms with Crippen molar-refractivity contribution in [1.29, 1.82) is 0 Å². The Labute approximate surface area is 196 Å². The molecule has 2 heterocycles. The second kappa shape index (κ2) is 9.53. The summed E-state index contributed by atoms with van der Waals surface area (Å²) in [6.45, 7) is 4.23. The standard InChI is InChI=1S/C23H30F3N5O3/c1-16-6-4-5-9-22(16)20(33)31(21(34)28-22)15-30-12-10-29(11-13-30)14-19(32)27-18-8-3-2-7-17(18)23(24,25)26/h2-3,7-8,16H,4-6,9-15H2,1H3,(H,27,32)(H,28,34). The first-order valence-electron chi connectivity index (χ1n) is 11.6. The maximum absolute atomic E-state index is 13.1. The Hall–Kier alpha value is -2.66. The lowest BCUT2D eigenvalue weighted by molar-refractivity contribution is -0.137. The van der Waals surface area contributed by atoms with E-state index in [0.717, 1.165) is 25.3 Å². The first-order valence-corrected chi connectivity index (χ1v) is 11.6. The van der Waals surface area contributed by atoms with Crippen molar-refractivity contribution >= 4 is 23.5 Å². The van der Waals surface area contributed by atoms with E-state index in [0.29, 0.717) is 32.6 Å². The fourth-order valence-electron chi connectivity index (χ4n) is 5.14. The number of carbonyl (C=O) groups excluding carboxylic acids is 3. The van der Waals surface area contributed by atoms with Crippen LogP contribution >= 0.6 is 0 Å². The van der Waals surface area contributed by atoms with Crippen molar-refractivity contribution in [3.8, 4) is 0 Å². The molecule has 0 radical (unpaired) electrons. The van der Waals surface area contributed by atoms with Gasteiger partial charge in [0, 0.05) is 26.2 Å². The van der Waals surface area contributed by atoms with Crippen LogP contribution in [0.25, 0.3) is 0 Å². The van der Waals surface area contributed by atoms with Gasteiger partial charge in [0.15, 0.2) is 0 Å². The molecule has 2 atom stereocenters. The normalized spacial score (nSPS) is 26.7. The second-order valence-corrected chi connectivity index (χ2v) is 9.41. The highest BCUT2D eigenvalue weighted by atomic mass is 19.4. The van der Waals surface area contributed by atoms with Crippen LogP contribution in [-0.4, -0.2) is 77.5 Å². The SMILES string of the molecule is CC1CCCCC12NC(=O)N(CN1CCN(CC(=O)Nc3ccccc3C(F)(F)F)CC1)C2=O. The molecule has 1 aliphatic carbocycles. The number of piperazine rings is 1. The van der Waals surface area contributed by atoms with Crippen LogP contribution in [0.5, 0.6) is 0 Å². The molecule has 4 rings (SSSR count). The Morgan fingerprint density at radius 2 is 1.79 bits per heavy atom. The van der Waals surface area contributed by atoms with Crippen LogP contribution in [0.3, 0.4) is 0 Å². The Morgan fingerprint density at radius 1 is 1.12 bits per heavy atom. The number of hydrogen-bond donors (Lipinski definition) is 2. The number of nitrogens with one attached hydrogen (secondary N) is 2. The van der Waals surface area contributed by atoms with Crippen LogP contribution in [0.15, 0.2) is 24.3 Å². The molecule has 1 aromatic rings. The molecule has 34 heavy (non-hydrogen) atoms. The number of benzene rings is 1. The topological polar surface area (TPSA) is 85.0 Å². The lowest BCUT2D eigenvalue weighted by Gasteiger charge is -2.38. The summed E-state index contributed by atoms with van der Waals surface area (Å²) in [5, 5.41) is 5.31. The van der Waals surface area contributed by atoms with Gasteiger partial charge in [0.05, 0.1) is 24.5 Å². The molecule has 0 aromatic heterocycles. The third-order valence-corrected chi connectivity index (χ3v) is 7.18. The van der Waals surface area contributed by atoms with Gasteiger partial charge < -0.3 is 10.6 Å². The van der Waals surface area contributed by atoms with E-state index >= 15 is 0 Å². The highest BCUT2D eigenvalue weighted by Gasteiger charge is 2.55. The Morgan fingerprint density at radius 3 is 2.47 bits per heavy atom. The van der Waals surface area contributed by atoms with Gasteiger partial charge in [-0.2, -0.15) is 13.2 Å². The summed E-state index contributed by atoms with van der Waals surface area (Å²) >= 11 is 0. The maximum atomic E-state index is 13.1. The molecule has 2 aliphatic heterocycles. The molecule has 3 fully saturated rings. The van der Waals surface area contributed by atoms with Crippen molar-refractivity contribution in [2.45, 2.75) is 44.3 Å². The van der Waals surface area contributed by atoms with Crippen molar-refractivity contribution in [1.82, 2.24) is 20.0 Å². The first-order chi connectivity index (χ1) is 16.1. The van der Waals surface area contributed by atoms with Crippen molar-refractivity contribution in [2.75, 3.05) is 44.7 Å². The maximum Gasteiger partial charge on any atom is 0.418 e. The summed E-state index contributed by atoms with van der Waals surface area (Å²) in [6, 6.07) is 4.53. The average molecular weight is 482 g/mol. The molecule has 11 heteroatoms. The minimum Gasteiger partial charge on any atom is -0.324 e. The minimum atomic E-state index is -4.55. The second-order valence-electron chi connectivity index (χ2n) is 9.41. The number of nitrogens with zero attached hydrogens (tertiary/aromatic N) is 3. The predicted octanol–water partition coefficient (Wildman–Crippen LogP) is 2.72. The van der Waals surface area contributed by atoms with Gasteiger partial charge in [-0.15, -0.1) is 0 Å². The van der Waals surface area contributed by atoms with E-state index in [1.165, 1.54) is 23.1 Å². The molecule has 4 amide bonds. The number of carbonyl (C=O) groups is 3. The molecule has 2 unspecified atom stereocenters. The van der Waals surface area contributed by atoms with Crippen LogP contribution in [0, 0.1) is 5.92 Å². The number of rotatable bonds is 5. The number of alkyl halides is 3. The van der Waals surface area contributed by atoms with Crippen LogP contribution in [-0.2, 0) is 15.8 Å². The van der Waals surface area contributed by atoms with Gasteiger partial charge in [0.25, 0.3) is 5.91 Å². The number of hydrogen-bond acceptors (Lipinski definition) is 5. The Kier molecular flexibility index (Phi) is 6.86. The van der Waals surface area contributed by atoms with E-state index in [2.05, 4.69) is 10.6 Å². The zero-order chi connectivity index (χ0) is 24.5. The van der Waals surface area contributed by atoms with Crippen LogP contribution in [0.4, 0.5) is 23.7 Å². The van der Waals surface area contributed by atoms with Gasteiger partial charge >= 0.3 is 12.2 Å². The highest BCUT2D eigenvalue weighted by Crippen LogP contribution is 2.38. The molecule has 2 N–H and O–H groups in total. The summed E-state index contributed by atoms with van der Waals surface area (Å²) < 4.78 is 39.4. The number of anilines is 1. The number of para-hydroxylation sites is 1. The number of urea groups is 1. The van der Waals surface area contributed by atoms with Crippen molar-refractivity contribution in [2.24, 2.45) is 5.92 Å². The Balaban J connectivity index is 1.28. The van der Waals surface area contributed by atoms with Gasteiger partial charge in [-0.25, -0.2) is 9.69 Å². The quantitative estimate of drug-likeness (QED) is 0.632. The molecular weight excluding hydrogens is 451 g/mol. The van der Waals surface area contributed by atoms with E-state index in [-0.39, 0.29) is 36.8 Å². The van der Waals surface area contributed by atoms with Crippen LogP contribution in [0.1, 0.15) is 38.2 Å². The van der Waals surface area contributed by atoms with E-state index in [4.69, 9.17) is 0 Å². The Bertz CT molecular complexity index is 948. The molecule has 0 bridgehead atoms. The van der Waals surface area contributed by atoms with Gasteiger partial charge in [0.1, 0.15) is 5.54 Å². The number of amides is 4. The molecule has 3 aliphatic rings. The average Bonchev–Trinajstić information content (AvgIpc) is 3.01. The van der Waals surface area contributed by atoms with Gasteiger partial charge in [-0.1, -0.05) is 31.9 Å². The molecule has 2 saturated heterocycles. The zero-order valence-electron chi connectivity index (χ0n) is 19.2. The van der Waals surface area contributed by atoms with Crippen molar-refractivity contribution in [3.05, 3.63) is 29.8 Å². The number of halogens is 3. The van der Waals surface area contributed by atoms with Gasteiger partial charge in [-0.3, -0.25) is 19.4 Å². The zero-order valence-corrected chi connectivity index (χ0v) is 19.2. The smallest absolute Gasteiger partial charge is 0.324 e. The summed E-state index contributed by atoms with van der Waals surface area (Å²) in [5.74, 6) is -0.581. The van der Waals surface area contributed by atoms with E-state index in [1.807, 2.05) is 16.7 Å². The molecular formula is C23H30F3N5O3. The molecule has 8 nitrogen and oxygen atoms in total. The summed E-state index contributed by atoms with van der Waals surface area (Å²) in [4.78, 5) is 43.2. The van der Waals surface area contributed by atoms with Crippen molar-refractivity contribution < 1.29 is 27.6 Å². The lowest BCUT2D eigenvalue weighted by atomic mass is 9.73. The summed E-state index contributed by atoms with van der Waals surface area (Å²) in [6.07, 6.45) is -1.01. The predicted molar refractivity (Wildman–Crippen MR) is 119 cm³/mol. The third kappa shape index (κ3) is 4.90. The molecule has 1 spiro atoms. The lowest BCUT2D eigenvalue weighted by Crippen LogP contribution is -2.55. The first kappa shape index (κ1) is 24.5. The monoisotopic (exact) mass is 481 g/mol. The molecule has 1 aromatic carbocycles. The van der Waals surface area contributed by atoms with Crippen molar-refractivity contribution in [3.63, 3.8) is 0 Å². The minimum absolute atomic E-state index is 0.0379. The fraction of sp³-hybridized carbons (Fsp3) is 0.609. The summed E-state index contributed by atoms with van der Waals surface area (Å²) in [7, 11) is 0. The van der Waals surface area contributed by atoms with Gasteiger partial charge in [0.2, 0.25) is 5.91 Å². The van der Waals surface area contributed by atoms with E-state index < -0.39 is 23.2 Å². The third-order valence-electron chi connectivity index (χ3n) is 7.18. The van der Waals surface area contributed by atoms with Crippen LogP contribution in [0.2, 0.25) is 0 Å². The van der Waals surface area contributed by atoms with Crippen LogP contribution < -0.4 is 10.6 Å². The number of imide groups is 1. The highest BCUT2D eigenvalue weighted by molar-refractivity contribution is 6.07. The molecule has 186 valence electrons. The largest absolute Gasteiger partial charge is 0.418 e. The fourth-order valence-corrected chi connectivity index (χ4v) is 5.14. The van der Waals surface area contributed by atoms with E-state index in [1.54, 1.807) is 0 Å².